The second kappa shape index (κ2) is 8.06. The van der Waals surface area contributed by atoms with Crippen LogP contribution >= 0.6 is 0 Å². The van der Waals surface area contributed by atoms with E-state index in [-0.39, 0.29) is 11.6 Å². The van der Waals surface area contributed by atoms with Crippen LogP contribution in [0.3, 0.4) is 0 Å². The average Bonchev–Trinajstić information content (AvgIpc) is 3.30. The van der Waals surface area contributed by atoms with Gasteiger partial charge >= 0.3 is 0 Å². The van der Waals surface area contributed by atoms with Gasteiger partial charge in [0.05, 0.1) is 0 Å². The Balaban J connectivity index is 1.61. The number of aromatic nitrogens is 4. The maximum Gasteiger partial charge on any atom is 0.256 e. The molecule has 0 amide bonds. The molecule has 1 aliphatic carbocycles. The SMILES string of the molecule is O=c1c(Cc2ccccn2)cc2cnc(Nc3ccccc3)nc2n1C1CCCC1. The van der Waals surface area contributed by atoms with Crippen LogP contribution in [0.2, 0.25) is 0 Å². The lowest BCUT2D eigenvalue weighted by Crippen LogP contribution is -2.28. The van der Waals surface area contributed by atoms with Crippen LogP contribution in [0, 0.1) is 0 Å². The molecule has 6 heteroatoms. The fraction of sp³-hybridized carbons (Fsp3) is 0.250. The van der Waals surface area contributed by atoms with Crippen molar-refractivity contribution in [3.05, 3.63) is 88.6 Å². The van der Waals surface area contributed by atoms with Gasteiger partial charge < -0.3 is 5.32 Å². The van der Waals surface area contributed by atoms with Crippen LogP contribution < -0.4 is 10.9 Å². The van der Waals surface area contributed by atoms with Gasteiger partial charge in [-0.25, -0.2) is 4.98 Å². The fourth-order valence-corrected chi connectivity index (χ4v) is 4.21. The maximum absolute atomic E-state index is 13.5. The first-order chi connectivity index (χ1) is 14.8. The van der Waals surface area contributed by atoms with Crippen LogP contribution in [0.1, 0.15) is 43.0 Å². The third kappa shape index (κ3) is 3.68. The lowest BCUT2D eigenvalue weighted by molar-refractivity contribution is 0.513. The van der Waals surface area contributed by atoms with Gasteiger partial charge in [0.25, 0.3) is 5.56 Å². The molecule has 4 aromatic rings. The van der Waals surface area contributed by atoms with Crippen molar-refractivity contribution in [3.8, 4) is 0 Å². The summed E-state index contributed by atoms with van der Waals surface area (Å²) in [5, 5.41) is 4.12. The zero-order valence-corrected chi connectivity index (χ0v) is 16.7. The summed E-state index contributed by atoms with van der Waals surface area (Å²) < 4.78 is 1.90. The molecule has 150 valence electrons. The van der Waals surface area contributed by atoms with Gasteiger partial charge in [-0.05, 0) is 43.2 Å². The van der Waals surface area contributed by atoms with E-state index in [0.29, 0.717) is 18.0 Å². The van der Waals surface area contributed by atoms with Crippen LogP contribution in [0.15, 0.2) is 71.8 Å². The van der Waals surface area contributed by atoms with Crippen LogP contribution in [0.25, 0.3) is 11.0 Å². The minimum absolute atomic E-state index is 0.0319. The molecular weight excluding hydrogens is 374 g/mol. The molecule has 3 aromatic heterocycles. The van der Waals surface area contributed by atoms with Gasteiger partial charge in [-0.2, -0.15) is 4.98 Å². The van der Waals surface area contributed by atoms with E-state index in [1.54, 1.807) is 12.4 Å². The summed E-state index contributed by atoms with van der Waals surface area (Å²) in [4.78, 5) is 27.1. The summed E-state index contributed by atoms with van der Waals surface area (Å²) in [5.74, 6) is 0.498. The average molecular weight is 397 g/mol. The number of hydrogen-bond donors (Lipinski definition) is 1. The Morgan fingerprint density at radius 3 is 2.57 bits per heavy atom. The Labute approximate surface area is 174 Å². The van der Waals surface area contributed by atoms with Crippen LogP contribution in [-0.2, 0) is 6.42 Å². The minimum atomic E-state index is 0.0319. The Bertz CT molecular complexity index is 1220. The zero-order valence-electron chi connectivity index (χ0n) is 16.7. The topological polar surface area (TPSA) is 72.7 Å². The Morgan fingerprint density at radius 2 is 1.80 bits per heavy atom. The molecule has 1 N–H and O–H groups in total. The van der Waals surface area contributed by atoms with Gasteiger partial charge in [0.1, 0.15) is 5.65 Å². The number of nitrogens with one attached hydrogen (secondary N) is 1. The molecule has 1 fully saturated rings. The molecule has 1 aliphatic rings. The van der Waals surface area contributed by atoms with Gasteiger partial charge in [-0.3, -0.25) is 14.3 Å². The van der Waals surface area contributed by atoms with Crippen molar-refractivity contribution in [1.82, 2.24) is 19.5 Å². The highest BCUT2D eigenvalue weighted by atomic mass is 16.1. The van der Waals surface area contributed by atoms with E-state index in [2.05, 4.69) is 15.3 Å². The normalized spacial score (nSPS) is 14.3. The van der Waals surface area contributed by atoms with Gasteiger partial charge in [0.2, 0.25) is 5.95 Å². The number of rotatable bonds is 5. The number of fused-ring (bicyclic) bond motifs is 1. The Kier molecular flexibility index (Phi) is 4.97. The Morgan fingerprint density at radius 1 is 1.00 bits per heavy atom. The van der Waals surface area contributed by atoms with E-state index >= 15 is 0 Å². The standard InChI is InChI=1S/C24H23N5O/c30-23-17(15-20-10-6-7-13-25-20)14-18-16-26-24(27-19-8-2-1-3-9-19)28-22(18)29(23)21-11-4-5-12-21/h1-3,6-10,13-14,16,21H,4-5,11-12,15H2,(H,26,27,28). The number of hydrogen-bond acceptors (Lipinski definition) is 5. The summed E-state index contributed by atoms with van der Waals surface area (Å²) in [6, 6.07) is 17.7. The van der Waals surface area contributed by atoms with Gasteiger partial charge in [0, 0.05) is 47.2 Å². The second-order valence-corrected chi connectivity index (χ2v) is 7.74. The van der Waals surface area contributed by atoms with E-state index in [1.165, 1.54) is 0 Å². The first kappa shape index (κ1) is 18.5. The van der Waals surface area contributed by atoms with Gasteiger partial charge in [-0.15, -0.1) is 0 Å². The molecular formula is C24H23N5O. The van der Waals surface area contributed by atoms with Crippen molar-refractivity contribution in [1.29, 1.82) is 0 Å². The first-order valence-corrected chi connectivity index (χ1v) is 10.4. The predicted octanol–water partition coefficient (Wildman–Crippen LogP) is 4.64. The highest BCUT2D eigenvalue weighted by Crippen LogP contribution is 2.31. The molecule has 30 heavy (non-hydrogen) atoms. The molecule has 0 spiro atoms. The quantitative estimate of drug-likeness (QED) is 0.531. The summed E-state index contributed by atoms with van der Waals surface area (Å²) in [5.41, 5.74) is 3.27. The molecule has 3 heterocycles. The molecule has 0 unspecified atom stereocenters. The monoisotopic (exact) mass is 397 g/mol. The van der Waals surface area contributed by atoms with E-state index in [0.717, 1.165) is 48.0 Å². The third-order valence-corrected chi connectivity index (χ3v) is 5.66. The molecule has 6 nitrogen and oxygen atoms in total. The fourth-order valence-electron chi connectivity index (χ4n) is 4.21. The third-order valence-electron chi connectivity index (χ3n) is 5.66. The molecule has 0 atom stereocenters. The number of benzene rings is 1. The largest absolute Gasteiger partial charge is 0.324 e. The zero-order chi connectivity index (χ0) is 20.3. The number of pyridine rings is 2. The van der Waals surface area contributed by atoms with E-state index in [9.17, 15) is 4.79 Å². The molecule has 0 aliphatic heterocycles. The van der Waals surface area contributed by atoms with Crippen molar-refractivity contribution in [2.24, 2.45) is 0 Å². The summed E-state index contributed by atoms with van der Waals surface area (Å²) >= 11 is 0. The van der Waals surface area contributed by atoms with Crippen molar-refractivity contribution in [2.75, 3.05) is 5.32 Å². The smallest absolute Gasteiger partial charge is 0.256 e. The Hall–Kier alpha value is -3.54. The highest BCUT2D eigenvalue weighted by Gasteiger charge is 2.23. The highest BCUT2D eigenvalue weighted by molar-refractivity contribution is 5.77. The summed E-state index contributed by atoms with van der Waals surface area (Å²) in [7, 11) is 0. The van der Waals surface area contributed by atoms with Crippen LogP contribution in [-0.4, -0.2) is 19.5 Å². The molecule has 0 bridgehead atoms. The molecule has 5 rings (SSSR count). The molecule has 0 radical (unpaired) electrons. The summed E-state index contributed by atoms with van der Waals surface area (Å²) in [6.07, 6.45) is 8.37. The van der Waals surface area contributed by atoms with Gasteiger partial charge in [-0.1, -0.05) is 37.1 Å². The van der Waals surface area contributed by atoms with E-state index < -0.39 is 0 Å². The summed E-state index contributed by atoms with van der Waals surface area (Å²) in [6.45, 7) is 0. The molecule has 1 saturated carbocycles. The minimum Gasteiger partial charge on any atom is -0.324 e. The number of para-hydroxylation sites is 1. The van der Waals surface area contributed by atoms with Crippen molar-refractivity contribution < 1.29 is 0 Å². The number of anilines is 2. The molecule has 1 aromatic carbocycles. The van der Waals surface area contributed by atoms with Gasteiger partial charge in [0.15, 0.2) is 0 Å². The van der Waals surface area contributed by atoms with E-state index in [4.69, 9.17) is 4.98 Å². The van der Waals surface area contributed by atoms with Crippen molar-refractivity contribution in [3.63, 3.8) is 0 Å². The van der Waals surface area contributed by atoms with E-state index in [1.807, 2.05) is 59.2 Å². The number of nitrogens with zero attached hydrogens (tertiary/aromatic N) is 4. The van der Waals surface area contributed by atoms with Crippen LogP contribution in [0.4, 0.5) is 11.6 Å². The predicted molar refractivity (Wildman–Crippen MR) is 118 cm³/mol. The second-order valence-electron chi connectivity index (χ2n) is 7.74. The molecule has 0 saturated heterocycles. The van der Waals surface area contributed by atoms with Crippen molar-refractivity contribution >= 4 is 22.7 Å². The lowest BCUT2D eigenvalue weighted by Gasteiger charge is -2.18. The van der Waals surface area contributed by atoms with Crippen LogP contribution in [0.5, 0.6) is 0 Å². The maximum atomic E-state index is 13.5. The van der Waals surface area contributed by atoms with Crippen molar-refractivity contribution in [2.45, 2.75) is 38.1 Å². The first-order valence-electron chi connectivity index (χ1n) is 10.4. The lowest BCUT2D eigenvalue weighted by atomic mass is 10.1.